The van der Waals surface area contributed by atoms with Crippen molar-refractivity contribution in [1.82, 2.24) is 20.3 Å². The van der Waals surface area contributed by atoms with Crippen molar-refractivity contribution >= 4 is 23.8 Å². The average molecular weight is 701 g/mol. The molecule has 0 aliphatic carbocycles. The largest absolute Gasteiger partial charge is 0.497 e. The minimum absolute atomic E-state index is 0.0158. The van der Waals surface area contributed by atoms with E-state index < -0.39 is 48.5 Å². The summed E-state index contributed by atoms with van der Waals surface area (Å²) in [5.74, 6) is -1.58. The zero-order valence-corrected chi connectivity index (χ0v) is 28.5. The molecule has 0 radical (unpaired) electrons. The van der Waals surface area contributed by atoms with Crippen molar-refractivity contribution in [3.8, 4) is 17.0 Å². The number of aromatic nitrogens is 3. The third-order valence-corrected chi connectivity index (χ3v) is 8.08. The number of carbonyl (C=O) groups is 4. The Bertz CT molecular complexity index is 1770. The molecule has 1 aromatic heterocycles. The van der Waals surface area contributed by atoms with E-state index in [9.17, 15) is 19.2 Å². The van der Waals surface area contributed by atoms with Gasteiger partial charge in [0.2, 0.25) is 5.91 Å². The van der Waals surface area contributed by atoms with Gasteiger partial charge in [-0.15, -0.1) is 5.10 Å². The summed E-state index contributed by atoms with van der Waals surface area (Å²) in [6.45, 7) is 1.41. The van der Waals surface area contributed by atoms with Crippen LogP contribution in [0, 0.1) is 0 Å². The van der Waals surface area contributed by atoms with Gasteiger partial charge in [-0.05, 0) is 49.2 Å². The number of unbranched alkanes of at least 4 members (excludes halogenated alkanes) is 1. The first-order valence-corrected chi connectivity index (χ1v) is 16.4. The minimum atomic E-state index is -1.28. The lowest BCUT2D eigenvalue weighted by atomic mass is 9.95. The van der Waals surface area contributed by atoms with E-state index in [-0.39, 0.29) is 36.7 Å². The summed E-state index contributed by atoms with van der Waals surface area (Å²) < 4.78 is 36.4. The number of nitrogens with one attached hydrogen (secondary N) is 1. The first kappa shape index (κ1) is 36.7. The van der Waals surface area contributed by atoms with Gasteiger partial charge in [0.05, 0.1) is 38.1 Å². The van der Waals surface area contributed by atoms with Crippen LogP contribution in [-0.2, 0) is 39.8 Å². The predicted octanol–water partition coefficient (Wildman–Crippen LogP) is 3.99. The van der Waals surface area contributed by atoms with Crippen molar-refractivity contribution in [2.24, 2.45) is 0 Å². The summed E-state index contributed by atoms with van der Waals surface area (Å²) in [4.78, 5) is 51.4. The fraction of sp³-hybridized carbons (Fsp3) is 0.351. The number of methoxy groups -OCH3 is 2. The quantitative estimate of drug-likeness (QED) is 0.108. The molecule has 1 fully saturated rings. The molecule has 5 unspecified atom stereocenters. The molecule has 1 saturated heterocycles. The van der Waals surface area contributed by atoms with Crippen LogP contribution in [0.4, 0.5) is 0 Å². The average Bonchev–Trinajstić information content (AvgIpc) is 3.63. The number of ether oxygens (including phenoxy) is 6. The lowest BCUT2D eigenvalue weighted by molar-refractivity contribution is -0.266. The van der Waals surface area contributed by atoms with Crippen LogP contribution in [0.2, 0.25) is 0 Å². The van der Waals surface area contributed by atoms with Crippen molar-refractivity contribution in [1.29, 1.82) is 0 Å². The first-order valence-electron chi connectivity index (χ1n) is 16.4. The summed E-state index contributed by atoms with van der Waals surface area (Å²) in [7, 11) is 2.89. The smallest absolute Gasteiger partial charge is 0.338 e. The third kappa shape index (κ3) is 9.99. The highest BCUT2D eigenvalue weighted by atomic mass is 16.7. The number of esters is 3. The molecule has 14 heteroatoms. The van der Waals surface area contributed by atoms with Gasteiger partial charge < -0.3 is 33.7 Å². The second kappa shape index (κ2) is 17.9. The van der Waals surface area contributed by atoms with Crippen molar-refractivity contribution in [2.45, 2.75) is 63.4 Å². The fourth-order valence-corrected chi connectivity index (χ4v) is 5.55. The Morgan fingerprint density at radius 3 is 2.14 bits per heavy atom. The molecule has 5 atom stereocenters. The topological polar surface area (TPSA) is 166 Å². The molecule has 1 amide bonds. The molecule has 1 N–H and O–H groups in total. The van der Waals surface area contributed by atoms with Crippen LogP contribution in [0.25, 0.3) is 11.3 Å². The van der Waals surface area contributed by atoms with E-state index in [0.717, 1.165) is 5.56 Å². The lowest BCUT2D eigenvalue weighted by Gasteiger charge is -2.45. The van der Waals surface area contributed by atoms with Crippen molar-refractivity contribution in [3.63, 3.8) is 0 Å². The number of amides is 1. The van der Waals surface area contributed by atoms with Gasteiger partial charge >= 0.3 is 17.9 Å². The predicted molar refractivity (Wildman–Crippen MR) is 181 cm³/mol. The standard InChI is InChI=1S/C37H40N4O10/c1-24(42)38-32-34(51-36(45)26-15-8-5-9-16-26)33(50-35(44)25-13-6-4-7-14-25)30(49-37(32)48-20-11-10-19-31(43)47-3)23-41-22-29(39-40-41)27-17-12-18-28(21-27)46-2/h4-9,12-18,21-22,30,32-34,37H,10-11,19-20,23H2,1-3H3,(H,38,42). The highest BCUT2D eigenvalue weighted by molar-refractivity contribution is 5.90. The molecule has 14 nitrogen and oxygen atoms in total. The zero-order chi connectivity index (χ0) is 36.2. The Morgan fingerprint density at radius 2 is 1.51 bits per heavy atom. The molecule has 2 heterocycles. The van der Waals surface area contributed by atoms with Gasteiger partial charge in [-0.1, -0.05) is 53.7 Å². The molecule has 3 aromatic carbocycles. The number of rotatable bonds is 15. The molecule has 4 aromatic rings. The molecule has 0 bridgehead atoms. The monoisotopic (exact) mass is 700 g/mol. The summed E-state index contributed by atoms with van der Waals surface area (Å²) in [6, 6.07) is 22.8. The SMILES string of the molecule is COC(=O)CCCCOC1OC(Cn2cc(-c3cccc(OC)c3)nn2)C(OC(=O)c2ccccc2)C(OC(=O)c2ccccc2)C1NC(C)=O. The molecule has 1 aliphatic heterocycles. The number of benzene rings is 3. The van der Waals surface area contributed by atoms with Crippen molar-refractivity contribution in [2.75, 3.05) is 20.8 Å². The van der Waals surface area contributed by atoms with Crippen molar-refractivity contribution in [3.05, 3.63) is 102 Å². The van der Waals surface area contributed by atoms with Crippen LogP contribution in [0.1, 0.15) is 46.9 Å². The highest BCUT2D eigenvalue weighted by Gasteiger charge is 2.51. The summed E-state index contributed by atoms with van der Waals surface area (Å²) in [5, 5.41) is 11.4. The molecule has 5 rings (SSSR count). The molecular weight excluding hydrogens is 660 g/mol. The first-order chi connectivity index (χ1) is 24.7. The van der Waals surface area contributed by atoms with Crippen LogP contribution in [0.5, 0.6) is 5.75 Å². The van der Waals surface area contributed by atoms with Crippen molar-refractivity contribution < 1.29 is 47.6 Å². The van der Waals surface area contributed by atoms with Crippen LogP contribution in [0.15, 0.2) is 91.1 Å². The molecular formula is C37H40N4O10. The molecule has 0 spiro atoms. The minimum Gasteiger partial charge on any atom is -0.497 e. The van der Waals surface area contributed by atoms with E-state index in [1.54, 1.807) is 74.0 Å². The van der Waals surface area contributed by atoms with E-state index in [4.69, 9.17) is 28.4 Å². The Kier molecular flexibility index (Phi) is 12.9. The van der Waals surface area contributed by atoms with Gasteiger partial charge in [0.15, 0.2) is 18.5 Å². The summed E-state index contributed by atoms with van der Waals surface area (Å²) in [5.41, 5.74) is 1.80. The van der Waals surface area contributed by atoms with Crippen LogP contribution in [0.3, 0.4) is 0 Å². The Labute approximate surface area is 294 Å². The van der Waals surface area contributed by atoms with Gasteiger partial charge in [-0.2, -0.15) is 0 Å². The van der Waals surface area contributed by atoms with Gasteiger partial charge in [0, 0.05) is 25.5 Å². The molecule has 268 valence electrons. The van der Waals surface area contributed by atoms with Gasteiger partial charge in [0.1, 0.15) is 23.6 Å². The molecule has 0 saturated carbocycles. The Hall–Kier alpha value is -5.60. The summed E-state index contributed by atoms with van der Waals surface area (Å²) >= 11 is 0. The van der Waals surface area contributed by atoms with E-state index in [1.165, 1.54) is 18.7 Å². The highest BCUT2D eigenvalue weighted by Crippen LogP contribution is 2.30. The number of carbonyl (C=O) groups excluding carboxylic acids is 4. The van der Waals surface area contributed by atoms with Crippen LogP contribution < -0.4 is 10.1 Å². The molecule has 51 heavy (non-hydrogen) atoms. The maximum Gasteiger partial charge on any atom is 0.338 e. The third-order valence-electron chi connectivity index (χ3n) is 8.08. The molecule has 1 aliphatic rings. The number of hydrogen-bond acceptors (Lipinski definition) is 12. The number of hydrogen-bond donors (Lipinski definition) is 1. The maximum absolute atomic E-state index is 13.6. The van der Waals surface area contributed by atoms with Gasteiger partial charge in [-0.25, -0.2) is 14.3 Å². The Balaban J connectivity index is 1.50. The normalized spacial score (nSPS) is 19.8. The van der Waals surface area contributed by atoms with Gasteiger partial charge in [0.25, 0.3) is 0 Å². The van der Waals surface area contributed by atoms with E-state index in [1.807, 2.05) is 24.3 Å². The van der Waals surface area contributed by atoms with Gasteiger partial charge in [-0.3, -0.25) is 9.59 Å². The fourth-order valence-electron chi connectivity index (χ4n) is 5.55. The van der Waals surface area contributed by atoms with E-state index in [2.05, 4.69) is 15.6 Å². The second-order valence-corrected chi connectivity index (χ2v) is 11.7. The lowest BCUT2D eigenvalue weighted by Crippen LogP contribution is -2.66. The van der Waals surface area contributed by atoms with Crippen LogP contribution in [-0.4, -0.2) is 90.3 Å². The van der Waals surface area contributed by atoms with Crippen LogP contribution >= 0.6 is 0 Å². The maximum atomic E-state index is 13.6. The van der Waals surface area contributed by atoms with E-state index in [0.29, 0.717) is 24.3 Å². The number of nitrogens with zero attached hydrogens (tertiary/aromatic N) is 3. The second-order valence-electron chi connectivity index (χ2n) is 11.7. The Morgan fingerprint density at radius 1 is 0.843 bits per heavy atom. The zero-order valence-electron chi connectivity index (χ0n) is 28.5. The van der Waals surface area contributed by atoms with E-state index >= 15 is 0 Å². The summed E-state index contributed by atoms with van der Waals surface area (Å²) in [6.07, 6.45) is -1.90.